The molecule has 0 bridgehead atoms. The Bertz CT molecular complexity index is 1160. The molecule has 2 unspecified atom stereocenters. The molecule has 0 radical (unpaired) electrons. The second-order valence-corrected chi connectivity index (χ2v) is 9.48. The Morgan fingerprint density at radius 3 is 2.71 bits per heavy atom. The lowest BCUT2D eigenvalue weighted by molar-refractivity contribution is -0.127. The Kier molecular flexibility index (Phi) is 7.12. The van der Waals surface area contributed by atoms with Crippen LogP contribution < -0.4 is 10.2 Å². The first-order valence-electron chi connectivity index (χ1n) is 11.9. The number of hydrogen-bond acceptors (Lipinski definition) is 4. The molecule has 0 saturated heterocycles. The van der Waals surface area contributed by atoms with Gasteiger partial charge >= 0.3 is 0 Å². The smallest absolute Gasteiger partial charge is 0.277 e. The van der Waals surface area contributed by atoms with Crippen LogP contribution in [0.5, 0.6) is 0 Å². The van der Waals surface area contributed by atoms with Gasteiger partial charge in [0, 0.05) is 22.8 Å². The van der Waals surface area contributed by atoms with E-state index in [1.165, 1.54) is 0 Å². The molecular weight excluding hydrogens is 452 g/mol. The Hall–Kier alpha value is -3.06. The minimum atomic E-state index is -1.20. The van der Waals surface area contributed by atoms with E-state index in [0.717, 1.165) is 32.1 Å². The number of fused-ring (bicyclic) bond motifs is 1. The number of carbonyl (C=O) groups excluding carboxylic acids is 2. The van der Waals surface area contributed by atoms with Gasteiger partial charge in [0.1, 0.15) is 16.9 Å². The number of unbranched alkanes of at least 4 members (excludes halogenated alkanes) is 1. The van der Waals surface area contributed by atoms with Crippen molar-refractivity contribution >= 4 is 29.1 Å². The summed E-state index contributed by atoms with van der Waals surface area (Å²) in [6.07, 6.45) is 6.43. The van der Waals surface area contributed by atoms with Crippen LogP contribution in [0, 0.1) is 0 Å². The molecule has 0 saturated carbocycles. The molecule has 3 aromatic rings. The van der Waals surface area contributed by atoms with Crippen molar-refractivity contribution in [3.63, 3.8) is 0 Å². The van der Waals surface area contributed by atoms with Crippen LogP contribution in [-0.2, 0) is 11.3 Å². The zero-order valence-corrected chi connectivity index (χ0v) is 20.6. The molecule has 2 aromatic heterocycles. The fourth-order valence-corrected chi connectivity index (χ4v) is 4.76. The highest BCUT2D eigenvalue weighted by molar-refractivity contribution is 6.31. The second kappa shape index (κ2) is 10.1. The quantitative estimate of drug-likeness (QED) is 0.424. The molecule has 7 nitrogen and oxygen atoms in total. The van der Waals surface area contributed by atoms with E-state index in [-0.39, 0.29) is 24.4 Å². The van der Waals surface area contributed by atoms with Gasteiger partial charge in [0.2, 0.25) is 5.91 Å². The van der Waals surface area contributed by atoms with Crippen LogP contribution in [0.25, 0.3) is 11.5 Å². The molecule has 1 aromatic carbocycles. The molecule has 8 heteroatoms. The van der Waals surface area contributed by atoms with Gasteiger partial charge in [0.25, 0.3) is 5.91 Å². The van der Waals surface area contributed by atoms with Crippen LogP contribution in [0.4, 0.5) is 5.69 Å². The summed E-state index contributed by atoms with van der Waals surface area (Å²) in [5, 5.41) is 8.33. The van der Waals surface area contributed by atoms with E-state index in [0.29, 0.717) is 27.9 Å². The number of benzene rings is 1. The Balaban J connectivity index is 1.75. The molecule has 180 valence electrons. The fraction of sp³-hybridized carbons (Fsp3) is 0.423. The number of aromatic nitrogens is 2. The number of anilines is 1. The van der Waals surface area contributed by atoms with Crippen LogP contribution in [0.15, 0.2) is 53.1 Å². The number of carbonyl (C=O) groups is 2. The third-order valence-corrected chi connectivity index (χ3v) is 6.60. The van der Waals surface area contributed by atoms with Crippen molar-refractivity contribution in [3.05, 3.63) is 59.4 Å². The van der Waals surface area contributed by atoms with Crippen molar-refractivity contribution < 1.29 is 14.0 Å². The molecule has 0 aliphatic carbocycles. The molecule has 34 heavy (non-hydrogen) atoms. The third kappa shape index (κ3) is 4.62. The number of rotatable bonds is 9. The summed E-state index contributed by atoms with van der Waals surface area (Å²) < 4.78 is 7.09. The number of halogens is 1. The number of furan rings is 1. The molecule has 1 aliphatic rings. The highest BCUT2D eigenvalue weighted by Crippen LogP contribution is 2.35. The Labute approximate surface area is 205 Å². The van der Waals surface area contributed by atoms with Gasteiger partial charge in [0.05, 0.1) is 12.8 Å². The second-order valence-electron chi connectivity index (χ2n) is 9.05. The average molecular weight is 483 g/mol. The van der Waals surface area contributed by atoms with Crippen molar-refractivity contribution in [2.24, 2.45) is 0 Å². The van der Waals surface area contributed by atoms with Crippen molar-refractivity contribution in [1.82, 2.24) is 15.1 Å². The molecule has 3 heterocycles. The van der Waals surface area contributed by atoms with Crippen LogP contribution >= 0.6 is 11.6 Å². The lowest BCUT2D eigenvalue weighted by Gasteiger charge is -2.43. The van der Waals surface area contributed by atoms with Gasteiger partial charge in [-0.2, -0.15) is 5.10 Å². The van der Waals surface area contributed by atoms with Gasteiger partial charge in [0.15, 0.2) is 5.76 Å². The first kappa shape index (κ1) is 24.1. The maximum absolute atomic E-state index is 13.8. The van der Waals surface area contributed by atoms with Gasteiger partial charge in [-0.25, -0.2) is 0 Å². The van der Waals surface area contributed by atoms with Crippen molar-refractivity contribution in [3.8, 4) is 11.5 Å². The fourth-order valence-electron chi connectivity index (χ4n) is 4.57. The summed E-state index contributed by atoms with van der Waals surface area (Å²) in [4.78, 5) is 29.2. The maximum atomic E-state index is 13.8. The van der Waals surface area contributed by atoms with E-state index < -0.39 is 5.54 Å². The van der Waals surface area contributed by atoms with Crippen LogP contribution in [0.3, 0.4) is 0 Å². The van der Waals surface area contributed by atoms with Gasteiger partial charge in [-0.1, -0.05) is 50.8 Å². The van der Waals surface area contributed by atoms with Gasteiger partial charge in [-0.3, -0.25) is 19.2 Å². The molecule has 2 amide bonds. The summed E-state index contributed by atoms with van der Waals surface area (Å²) >= 11 is 6.27. The minimum Gasteiger partial charge on any atom is -0.463 e. The predicted molar refractivity (Wildman–Crippen MR) is 133 cm³/mol. The summed E-state index contributed by atoms with van der Waals surface area (Å²) in [5.74, 6) is 0.0610. The lowest BCUT2D eigenvalue weighted by Crippen LogP contribution is -2.65. The van der Waals surface area contributed by atoms with E-state index in [2.05, 4.69) is 24.3 Å². The largest absolute Gasteiger partial charge is 0.463 e. The monoisotopic (exact) mass is 482 g/mol. The summed E-state index contributed by atoms with van der Waals surface area (Å²) in [5.41, 5.74) is 0.325. The standard InChI is InChI=1S/C26H31ClN4O3/c1-4-6-11-19(9-5-2)28-25(33)26(3)17-30-22(16-21(29-30)23-13-8-14-34-23)24(32)31(26)20-12-7-10-18(27)15-20/h7-8,10,12-16,19H,4-6,9,11,17H2,1-3H3,(H,28,33). The van der Waals surface area contributed by atoms with Crippen molar-refractivity contribution in [2.45, 2.75) is 71.0 Å². The normalized spacial score (nSPS) is 18.6. The minimum absolute atomic E-state index is 0.0586. The SMILES string of the molecule is CCCCC(CCC)NC(=O)C1(C)Cn2nc(-c3ccco3)cc2C(=O)N1c1cccc(Cl)c1. The number of nitrogens with one attached hydrogen (secondary N) is 1. The highest BCUT2D eigenvalue weighted by atomic mass is 35.5. The van der Waals surface area contributed by atoms with Crippen LogP contribution in [-0.4, -0.2) is 33.2 Å². The van der Waals surface area contributed by atoms with Gasteiger partial charge in [-0.05, 0) is 50.1 Å². The molecule has 2 atom stereocenters. The molecular formula is C26H31ClN4O3. The first-order valence-corrected chi connectivity index (χ1v) is 12.3. The highest BCUT2D eigenvalue weighted by Gasteiger charge is 2.49. The molecule has 0 spiro atoms. The number of hydrogen-bond donors (Lipinski definition) is 1. The van der Waals surface area contributed by atoms with E-state index in [4.69, 9.17) is 16.0 Å². The van der Waals surface area contributed by atoms with E-state index in [1.807, 2.05) is 0 Å². The maximum Gasteiger partial charge on any atom is 0.277 e. The molecule has 4 rings (SSSR count). The van der Waals surface area contributed by atoms with Crippen molar-refractivity contribution in [1.29, 1.82) is 0 Å². The van der Waals surface area contributed by atoms with Gasteiger partial charge < -0.3 is 9.73 Å². The summed E-state index contributed by atoms with van der Waals surface area (Å²) in [6, 6.07) is 12.4. The molecule has 0 fully saturated rings. The first-order chi connectivity index (χ1) is 16.4. The van der Waals surface area contributed by atoms with Crippen LogP contribution in [0.1, 0.15) is 63.4 Å². The van der Waals surface area contributed by atoms with Crippen molar-refractivity contribution in [2.75, 3.05) is 4.90 Å². The summed E-state index contributed by atoms with van der Waals surface area (Å²) in [7, 11) is 0. The average Bonchev–Trinajstić information content (AvgIpc) is 3.47. The lowest BCUT2D eigenvalue weighted by atomic mass is 9.92. The van der Waals surface area contributed by atoms with E-state index in [9.17, 15) is 9.59 Å². The summed E-state index contributed by atoms with van der Waals surface area (Å²) in [6.45, 7) is 6.25. The Morgan fingerprint density at radius 2 is 2.03 bits per heavy atom. The molecule has 1 aliphatic heterocycles. The van der Waals surface area contributed by atoms with E-state index in [1.54, 1.807) is 65.2 Å². The third-order valence-electron chi connectivity index (χ3n) is 6.36. The van der Waals surface area contributed by atoms with Gasteiger partial charge in [-0.15, -0.1) is 0 Å². The predicted octanol–water partition coefficient (Wildman–Crippen LogP) is 5.69. The zero-order valence-electron chi connectivity index (χ0n) is 19.9. The number of nitrogens with zero attached hydrogens (tertiary/aromatic N) is 3. The zero-order chi connectivity index (χ0) is 24.3. The number of amides is 2. The topological polar surface area (TPSA) is 80.4 Å². The Morgan fingerprint density at radius 1 is 1.21 bits per heavy atom. The molecule has 1 N–H and O–H groups in total. The van der Waals surface area contributed by atoms with E-state index >= 15 is 0 Å². The van der Waals surface area contributed by atoms with Crippen LogP contribution in [0.2, 0.25) is 5.02 Å².